The molecule has 0 radical (unpaired) electrons. The van der Waals surface area contributed by atoms with Gasteiger partial charge in [0.05, 0.1) is 11.9 Å². The van der Waals surface area contributed by atoms with Gasteiger partial charge in [0.25, 0.3) is 0 Å². The molecule has 1 saturated heterocycles. The SMILES string of the molecule is NCc1cn(CC(=O)N2CCN(CC3CC3)CC2)nn1. The van der Waals surface area contributed by atoms with Gasteiger partial charge in [0.2, 0.25) is 5.91 Å². The molecule has 1 aromatic rings. The Bertz CT molecular complexity index is 461. The van der Waals surface area contributed by atoms with Gasteiger partial charge in [-0.25, -0.2) is 4.68 Å². The largest absolute Gasteiger partial charge is 0.339 e. The first-order valence-electron chi connectivity index (χ1n) is 7.34. The minimum absolute atomic E-state index is 0.115. The molecule has 1 saturated carbocycles. The van der Waals surface area contributed by atoms with E-state index in [0.717, 1.165) is 32.1 Å². The average Bonchev–Trinajstić information content (AvgIpc) is 3.16. The fourth-order valence-corrected chi connectivity index (χ4v) is 2.59. The molecule has 0 spiro atoms. The van der Waals surface area contributed by atoms with Crippen molar-refractivity contribution in [2.75, 3.05) is 32.7 Å². The van der Waals surface area contributed by atoms with Gasteiger partial charge in [0, 0.05) is 39.3 Å². The Hall–Kier alpha value is -1.47. The summed E-state index contributed by atoms with van der Waals surface area (Å²) in [5.41, 5.74) is 6.19. The van der Waals surface area contributed by atoms with Crippen molar-refractivity contribution >= 4 is 5.91 Å². The second-order valence-corrected chi connectivity index (χ2v) is 5.74. The van der Waals surface area contributed by atoms with Crippen molar-refractivity contribution < 1.29 is 4.79 Å². The smallest absolute Gasteiger partial charge is 0.244 e. The van der Waals surface area contributed by atoms with E-state index in [2.05, 4.69) is 15.2 Å². The number of carbonyl (C=O) groups is 1. The van der Waals surface area contributed by atoms with Crippen LogP contribution in [-0.4, -0.2) is 63.4 Å². The summed E-state index contributed by atoms with van der Waals surface area (Å²) in [7, 11) is 0. The number of hydrogen-bond donors (Lipinski definition) is 1. The summed E-state index contributed by atoms with van der Waals surface area (Å²) in [5.74, 6) is 1.03. The summed E-state index contributed by atoms with van der Waals surface area (Å²) in [6.45, 7) is 5.46. The average molecular weight is 278 g/mol. The first kappa shape index (κ1) is 13.5. The maximum absolute atomic E-state index is 12.2. The third kappa shape index (κ3) is 3.34. The first-order valence-corrected chi connectivity index (χ1v) is 7.34. The van der Waals surface area contributed by atoms with E-state index >= 15 is 0 Å². The van der Waals surface area contributed by atoms with Gasteiger partial charge in [-0.1, -0.05) is 5.21 Å². The standard InChI is InChI=1S/C13H22N6O/c14-7-12-9-19(16-15-12)10-13(20)18-5-3-17(4-6-18)8-11-1-2-11/h9,11H,1-8,10,14H2. The summed E-state index contributed by atoms with van der Waals surface area (Å²) in [6.07, 6.45) is 4.51. The molecule has 2 aliphatic rings. The predicted molar refractivity (Wildman–Crippen MR) is 73.7 cm³/mol. The van der Waals surface area contributed by atoms with Crippen LogP contribution in [0.2, 0.25) is 0 Å². The van der Waals surface area contributed by atoms with Gasteiger partial charge in [0.15, 0.2) is 0 Å². The number of nitrogens with zero attached hydrogens (tertiary/aromatic N) is 5. The second-order valence-electron chi connectivity index (χ2n) is 5.74. The summed E-state index contributed by atoms with van der Waals surface area (Å²) in [4.78, 5) is 16.6. The van der Waals surface area contributed by atoms with Crippen LogP contribution in [0.15, 0.2) is 6.20 Å². The fraction of sp³-hybridized carbons (Fsp3) is 0.769. The molecule has 7 nitrogen and oxygen atoms in total. The third-order valence-electron chi connectivity index (χ3n) is 4.03. The van der Waals surface area contributed by atoms with Crippen molar-refractivity contribution in [3.63, 3.8) is 0 Å². The van der Waals surface area contributed by atoms with Crippen LogP contribution in [0.4, 0.5) is 0 Å². The van der Waals surface area contributed by atoms with E-state index in [4.69, 9.17) is 5.73 Å². The number of nitrogens with two attached hydrogens (primary N) is 1. The maximum atomic E-state index is 12.2. The van der Waals surface area contributed by atoms with Gasteiger partial charge in [-0.15, -0.1) is 5.10 Å². The Kier molecular flexibility index (Phi) is 3.98. The Labute approximate surface area is 118 Å². The van der Waals surface area contributed by atoms with Crippen molar-refractivity contribution in [2.24, 2.45) is 11.7 Å². The summed E-state index contributed by atoms with van der Waals surface area (Å²) >= 11 is 0. The van der Waals surface area contributed by atoms with Crippen LogP contribution in [0.25, 0.3) is 0 Å². The van der Waals surface area contributed by atoms with Crippen molar-refractivity contribution in [2.45, 2.75) is 25.9 Å². The number of aromatic nitrogens is 3. The Balaban J connectivity index is 1.45. The lowest BCUT2D eigenvalue weighted by Crippen LogP contribution is -2.49. The van der Waals surface area contributed by atoms with Crippen LogP contribution in [0, 0.1) is 5.92 Å². The summed E-state index contributed by atoms with van der Waals surface area (Å²) in [5, 5.41) is 7.81. The highest BCUT2D eigenvalue weighted by molar-refractivity contribution is 5.76. The monoisotopic (exact) mass is 278 g/mol. The molecule has 3 rings (SSSR count). The normalized spacial score (nSPS) is 20.4. The topological polar surface area (TPSA) is 80.3 Å². The molecule has 110 valence electrons. The van der Waals surface area contributed by atoms with E-state index in [1.165, 1.54) is 19.4 Å². The van der Waals surface area contributed by atoms with Crippen molar-refractivity contribution in [1.82, 2.24) is 24.8 Å². The lowest BCUT2D eigenvalue weighted by Gasteiger charge is -2.34. The lowest BCUT2D eigenvalue weighted by molar-refractivity contribution is -0.133. The van der Waals surface area contributed by atoms with E-state index in [0.29, 0.717) is 12.2 Å². The number of rotatable bonds is 5. The molecule has 2 fully saturated rings. The van der Waals surface area contributed by atoms with E-state index < -0.39 is 0 Å². The molecule has 2 heterocycles. The number of carbonyl (C=O) groups excluding carboxylic acids is 1. The second kappa shape index (κ2) is 5.88. The minimum Gasteiger partial charge on any atom is -0.339 e. The van der Waals surface area contributed by atoms with Gasteiger partial charge in [0.1, 0.15) is 6.54 Å². The number of piperazine rings is 1. The zero-order valence-electron chi connectivity index (χ0n) is 11.7. The minimum atomic E-state index is 0.115. The molecule has 1 amide bonds. The highest BCUT2D eigenvalue weighted by atomic mass is 16.2. The Morgan fingerprint density at radius 1 is 1.30 bits per heavy atom. The Morgan fingerprint density at radius 2 is 2.05 bits per heavy atom. The van der Waals surface area contributed by atoms with E-state index in [1.54, 1.807) is 10.9 Å². The Morgan fingerprint density at radius 3 is 2.65 bits per heavy atom. The van der Waals surface area contributed by atoms with Gasteiger partial charge < -0.3 is 10.6 Å². The van der Waals surface area contributed by atoms with Crippen LogP contribution in [-0.2, 0) is 17.9 Å². The van der Waals surface area contributed by atoms with Crippen LogP contribution in [0.1, 0.15) is 18.5 Å². The zero-order valence-corrected chi connectivity index (χ0v) is 11.7. The number of hydrogen-bond acceptors (Lipinski definition) is 5. The molecule has 1 aliphatic carbocycles. The molecule has 1 aliphatic heterocycles. The van der Waals surface area contributed by atoms with Gasteiger partial charge in [-0.2, -0.15) is 0 Å². The molecular weight excluding hydrogens is 256 g/mol. The third-order valence-corrected chi connectivity index (χ3v) is 4.03. The predicted octanol–water partition coefficient (Wildman–Crippen LogP) is -0.709. The van der Waals surface area contributed by atoms with Crippen LogP contribution in [0.3, 0.4) is 0 Å². The molecular formula is C13H22N6O. The van der Waals surface area contributed by atoms with Crippen molar-refractivity contribution in [1.29, 1.82) is 0 Å². The molecule has 0 atom stereocenters. The van der Waals surface area contributed by atoms with E-state index in [9.17, 15) is 4.79 Å². The van der Waals surface area contributed by atoms with E-state index in [-0.39, 0.29) is 12.5 Å². The molecule has 1 aromatic heterocycles. The van der Waals surface area contributed by atoms with E-state index in [1.807, 2.05) is 4.90 Å². The summed E-state index contributed by atoms with van der Waals surface area (Å²) < 4.78 is 1.57. The van der Waals surface area contributed by atoms with Gasteiger partial charge in [-0.05, 0) is 18.8 Å². The van der Waals surface area contributed by atoms with Crippen LogP contribution in [0.5, 0.6) is 0 Å². The molecule has 20 heavy (non-hydrogen) atoms. The molecule has 0 unspecified atom stereocenters. The van der Waals surface area contributed by atoms with Gasteiger partial charge >= 0.3 is 0 Å². The van der Waals surface area contributed by atoms with Crippen LogP contribution >= 0.6 is 0 Å². The van der Waals surface area contributed by atoms with Crippen molar-refractivity contribution in [3.05, 3.63) is 11.9 Å². The quantitative estimate of drug-likeness (QED) is 0.769. The summed E-state index contributed by atoms with van der Waals surface area (Å²) in [6, 6.07) is 0. The lowest BCUT2D eigenvalue weighted by atomic mass is 10.2. The molecule has 2 N–H and O–H groups in total. The number of amides is 1. The van der Waals surface area contributed by atoms with Crippen LogP contribution < -0.4 is 5.73 Å². The molecule has 0 aromatic carbocycles. The van der Waals surface area contributed by atoms with Gasteiger partial charge in [-0.3, -0.25) is 9.69 Å². The zero-order chi connectivity index (χ0) is 13.9. The highest BCUT2D eigenvalue weighted by Crippen LogP contribution is 2.29. The molecule has 7 heteroatoms. The molecule has 0 bridgehead atoms. The maximum Gasteiger partial charge on any atom is 0.244 e. The fourth-order valence-electron chi connectivity index (χ4n) is 2.59. The first-order chi connectivity index (χ1) is 9.74. The van der Waals surface area contributed by atoms with Crippen molar-refractivity contribution in [3.8, 4) is 0 Å². The highest BCUT2D eigenvalue weighted by Gasteiger charge is 2.27.